The fourth-order valence-electron chi connectivity index (χ4n) is 2.20. The second-order valence-electron chi connectivity index (χ2n) is 5.52. The average molecular weight is 387 g/mol. The van der Waals surface area contributed by atoms with Gasteiger partial charge in [-0.25, -0.2) is 0 Å². The topological polar surface area (TPSA) is 81.7 Å². The Bertz CT molecular complexity index is 804. The predicted octanol–water partition coefficient (Wildman–Crippen LogP) is 3.56. The predicted molar refractivity (Wildman–Crippen MR) is 104 cm³/mol. The smallest absolute Gasteiger partial charge is 0.313 e. The van der Waals surface area contributed by atoms with E-state index in [-0.39, 0.29) is 30.5 Å². The third-order valence-corrected chi connectivity index (χ3v) is 4.54. The normalized spacial score (nSPS) is 10.1. The van der Waals surface area contributed by atoms with Crippen molar-refractivity contribution in [3.8, 4) is 5.75 Å². The summed E-state index contributed by atoms with van der Waals surface area (Å²) in [6.45, 7) is 1.96. The molecule has 0 fully saturated rings. The van der Waals surface area contributed by atoms with Crippen LogP contribution in [0.3, 0.4) is 0 Å². The van der Waals surface area contributed by atoms with Crippen molar-refractivity contribution in [2.45, 2.75) is 18.2 Å². The molecule has 27 heavy (non-hydrogen) atoms. The molecule has 2 rings (SSSR count). The summed E-state index contributed by atoms with van der Waals surface area (Å²) in [5, 5.41) is 2.82. The summed E-state index contributed by atoms with van der Waals surface area (Å²) >= 11 is 1.31. The first-order chi connectivity index (χ1) is 13.0. The number of benzene rings is 2. The van der Waals surface area contributed by atoms with E-state index in [1.165, 1.54) is 11.8 Å². The zero-order valence-corrected chi connectivity index (χ0v) is 16.0. The van der Waals surface area contributed by atoms with Crippen molar-refractivity contribution < 1.29 is 23.9 Å². The summed E-state index contributed by atoms with van der Waals surface area (Å²) in [6, 6.07) is 14.0. The lowest BCUT2D eigenvalue weighted by Gasteiger charge is -2.08. The molecule has 0 bridgehead atoms. The quantitative estimate of drug-likeness (QED) is 0.402. The second-order valence-corrected chi connectivity index (χ2v) is 6.57. The molecule has 2 aromatic carbocycles. The molecule has 1 amide bonds. The number of carbonyl (C=O) groups excluding carboxylic acids is 3. The highest BCUT2D eigenvalue weighted by molar-refractivity contribution is 8.00. The van der Waals surface area contributed by atoms with Crippen molar-refractivity contribution in [3.63, 3.8) is 0 Å². The van der Waals surface area contributed by atoms with Crippen molar-refractivity contribution in [3.05, 3.63) is 54.1 Å². The number of nitrogens with one attached hydrogen (secondary N) is 1. The van der Waals surface area contributed by atoms with Gasteiger partial charge in [-0.15, -0.1) is 11.8 Å². The van der Waals surface area contributed by atoms with Crippen molar-refractivity contribution in [1.29, 1.82) is 0 Å². The van der Waals surface area contributed by atoms with E-state index in [9.17, 15) is 14.4 Å². The van der Waals surface area contributed by atoms with E-state index < -0.39 is 5.97 Å². The van der Waals surface area contributed by atoms with Gasteiger partial charge in [-0.05, 0) is 49.4 Å². The molecule has 0 saturated heterocycles. The van der Waals surface area contributed by atoms with Crippen LogP contribution in [-0.2, 0) is 14.3 Å². The van der Waals surface area contributed by atoms with Crippen LogP contribution in [0.5, 0.6) is 5.75 Å². The first-order valence-corrected chi connectivity index (χ1v) is 9.36. The van der Waals surface area contributed by atoms with E-state index in [1.807, 2.05) is 6.07 Å². The van der Waals surface area contributed by atoms with Gasteiger partial charge in [0.25, 0.3) is 5.91 Å². The lowest BCUT2D eigenvalue weighted by atomic mass is 10.2. The van der Waals surface area contributed by atoms with Crippen LogP contribution < -0.4 is 10.1 Å². The Morgan fingerprint density at radius 1 is 1.07 bits per heavy atom. The van der Waals surface area contributed by atoms with Crippen molar-refractivity contribution >= 4 is 35.1 Å². The molecule has 0 aliphatic rings. The molecule has 2 aromatic rings. The highest BCUT2D eigenvalue weighted by Gasteiger charge is 2.11. The van der Waals surface area contributed by atoms with Crippen LogP contribution in [0.1, 0.15) is 23.7 Å². The van der Waals surface area contributed by atoms with Gasteiger partial charge in [-0.2, -0.15) is 0 Å². The van der Waals surface area contributed by atoms with Crippen molar-refractivity contribution in [1.82, 2.24) is 0 Å². The molecule has 0 saturated carbocycles. The van der Waals surface area contributed by atoms with Crippen LogP contribution >= 0.6 is 11.8 Å². The minimum absolute atomic E-state index is 0.161. The van der Waals surface area contributed by atoms with Crippen LogP contribution in [-0.4, -0.2) is 37.1 Å². The lowest BCUT2D eigenvalue weighted by Crippen LogP contribution is -2.13. The number of ketones is 1. The van der Waals surface area contributed by atoms with E-state index in [2.05, 4.69) is 5.32 Å². The number of methoxy groups -OCH3 is 1. The number of rotatable bonds is 9. The van der Waals surface area contributed by atoms with E-state index in [1.54, 1.807) is 56.5 Å². The Balaban J connectivity index is 1.91. The monoisotopic (exact) mass is 387 g/mol. The van der Waals surface area contributed by atoms with Gasteiger partial charge < -0.3 is 14.8 Å². The molecule has 7 heteroatoms. The van der Waals surface area contributed by atoms with Crippen LogP contribution in [0.25, 0.3) is 0 Å². The van der Waals surface area contributed by atoms with Gasteiger partial charge in [-0.1, -0.05) is 6.07 Å². The number of thioether (sulfide) groups is 1. The standard InChI is InChI=1S/C20H21NO5S/c1-3-26-19(23)12-16(22)13-27-18-6-4-5-15(11-18)21-20(24)14-7-9-17(25-2)10-8-14/h4-11H,3,12-13H2,1-2H3,(H,21,24). The third kappa shape index (κ3) is 6.79. The summed E-state index contributed by atoms with van der Waals surface area (Å²) in [7, 11) is 1.57. The highest BCUT2D eigenvalue weighted by atomic mass is 32.2. The highest BCUT2D eigenvalue weighted by Crippen LogP contribution is 2.22. The van der Waals surface area contributed by atoms with Gasteiger partial charge >= 0.3 is 5.97 Å². The molecule has 0 aliphatic carbocycles. The maximum atomic E-state index is 12.3. The molecule has 1 N–H and O–H groups in total. The molecule has 142 valence electrons. The number of amides is 1. The number of anilines is 1. The molecule has 0 radical (unpaired) electrons. The summed E-state index contributed by atoms with van der Waals surface area (Å²) in [4.78, 5) is 36.2. The SMILES string of the molecule is CCOC(=O)CC(=O)CSc1cccc(NC(=O)c2ccc(OC)cc2)c1. The van der Waals surface area contributed by atoms with Crippen LogP contribution in [0.15, 0.2) is 53.4 Å². The Morgan fingerprint density at radius 2 is 1.81 bits per heavy atom. The first-order valence-electron chi connectivity index (χ1n) is 8.37. The number of esters is 1. The van der Waals surface area contributed by atoms with E-state index >= 15 is 0 Å². The number of ether oxygens (including phenoxy) is 2. The minimum Gasteiger partial charge on any atom is -0.497 e. The van der Waals surface area contributed by atoms with E-state index in [0.29, 0.717) is 17.0 Å². The Labute approximate surface area is 162 Å². The summed E-state index contributed by atoms with van der Waals surface area (Å²) in [5.41, 5.74) is 1.14. The Hall–Kier alpha value is -2.80. The number of hydrogen-bond acceptors (Lipinski definition) is 6. The molecule has 0 aliphatic heterocycles. The zero-order valence-electron chi connectivity index (χ0n) is 15.2. The fourth-order valence-corrected chi connectivity index (χ4v) is 3.01. The summed E-state index contributed by atoms with van der Waals surface area (Å²) < 4.78 is 9.84. The lowest BCUT2D eigenvalue weighted by molar-refractivity contribution is -0.145. The Kier molecular flexibility index (Phi) is 7.88. The van der Waals surface area contributed by atoms with Crippen LogP contribution in [0.2, 0.25) is 0 Å². The van der Waals surface area contributed by atoms with Crippen LogP contribution in [0.4, 0.5) is 5.69 Å². The van der Waals surface area contributed by atoms with Crippen molar-refractivity contribution in [2.75, 3.05) is 24.8 Å². The minimum atomic E-state index is -0.511. The second kappa shape index (κ2) is 10.4. The third-order valence-electron chi connectivity index (χ3n) is 3.49. The average Bonchev–Trinajstić information content (AvgIpc) is 2.67. The molecular formula is C20H21NO5S. The largest absolute Gasteiger partial charge is 0.497 e. The van der Waals surface area contributed by atoms with Crippen LogP contribution in [0, 0.1) is 0 Å². The maximum Gasteiger partial charge on any atom is 0.313 e. The zero-order chi connectivity index (χ0) is 19.6. The molecule has 0 heterocycles. The molecule has 0 spiro atoms. The van der Waals surface area contributed by atoms with Gasteiger partial charge in [-0.3, -0.25) is 14.4 Å². The first kappa shape index (κ1) is 20.5. The number of carbonyl (C=O) groups is 3. The summed E-state index contributed by atoms with van der Waals surface area (Å²) in [6.07, 6.45) is -0.227. The van der Waals surface area contributed by atoms with Gasteiger partial charge in [0, 0.05) is 16.1 Å². The summed E-state index contributed by atoms with van der Waals surface area (Å²) in [5.74, 6) is -0.111. The molecule has 0 aromatic heterocycles. The fraction of sp³-hybridized carbons (Fsp3) is 0.250. The number of Topliss-reactive ketones (excluding diaryl/α,β-unsaturated/α-hetero) is 1. The molecule has 0 atom stereocenters. The van der Waals surface area contributed by atoms with Gasteiger partial charge in [0.2, 0.25) is 0 Å². The van der Waals surface area contributed by atoms with Crippen molar-refractivity contribution in [2.24, 2.45) is 0 Å². The molecule has 6 nitrogen and oxygen atoms in total. The van der Waals surface area contributed by atoms with Gasteiger partial charge in [0.15, 0.2) is 5.78 Å². The number of hydrogen-bond donors (Lipinski definition) is 1. The van der Waals surface area contributed by atoms with Gasteiger partial charge in [0.05, 0.1) is 19.5 Å². The molecular weight excluding hydrogens is 366 g/mol. The maximum absolute atomic E-state index is 12.3. The molecule has 0 unspecified atom stereocenters. The Morgan fingerprint density at radius 3 is 2.48 bits per heavy atom. The van der Waals surface area contributed by atoms with E-state index in [4.69, 9.17) is 9.47 Å². The van der Waals surface area contributed by atoms with Gasteiger partial charge in [0.1, 0.15) is 12.2 Å². The van der Waals surface area contributed by atoms with E-state index in [0.717, 1.165) is 4.90 Å².